The van der Waals surface area contributed by atoms with Gasteiger partial charge in [-0.05, 0) is 18.6 Å². The van der Waals surface area contributed by atoms with Crippen LogP contribution in [0.3, 0.4) is 0 Å². The monoisotopic (exact) mass is 300 g/mol. The van der Waals surface area contributed by atoms with Gasteiger partial charge in [-0.3, -0.25) is 0 Å². The summed E-state index contributed by atoms with van der Waals surface area (Å²) >= 11 is 0. The smallest absolute Gasteiger partial charge is 0.170 e. The van der Waals surface area contributed by atoms with Gasteiger partial charge in [0.15, 0.2) is 17.3 Å². The average molecular weight is 300 g/mol. The number of oxime groups is 1. The summed E-state index contributed by atoms with van der Waals surface area (Å²) in [6, 6.07) is 14.9. The SMILES string of the molecule is CCCOc1ccccc1OCc1ccccc1/C(N)=N/O. The number of nitrogens with zero attached hydrogens (tertiary/aromatic N) is 1. The molecule has 22 heavy (non-hydrogen) atoms. The molecule has 3 N–H and O–H groups in total. The molecule has 5 nitrogen and oxygen atoms in total. The van der Waals surface area contributed by atoms with E-state index in [4.69, 9.17) is 20.4 Å². The fraction of sp³-hybridized carbons (Fsp3) is 0.235. The number of para-hydroxylation sites is 2. The molecule has 0 unspecified atom stereocenters. The van der Waals surface area contributed by atoms with Gasteiger partial charge in [0.05, 0.1) is 6.61 Å². The van der Waals surface area contributed by atoms with Crippen LogP contribution in [-0.2, 0) is 6.61 Å². The van der Waals surface area contributed by atoms with Crippen LogP contribution >= 0.6 is 0 Å². The van der Waals surface area contributed by atoms with Gasteiger partial charge in [0, 0.05) is 11.1 Å². The van der Waals surface area contributed by atoms with E-state index >= 15 is 0 Å². The topological polar surface area (TPSA) is 77.1 Å². The van der Waals surface area contributed by atoms with Crippen molar-refractivity contribution in [2.45, 2.75) is 20.0 Å². The highest BCUT2D eigenvalue weighted by atomic mass is 16.5. The molecule has 0 spiro atoms. The molecule has 116 valence electrons. The maximum atomic E-state index is 8.84. The van der Waals surface area contributed by atoms with E-state index in [1.54, 1.807) is 6.07 Å². The number of hydrogen-bond donors (Lipinski definition) is 2. The van der Waals surface area contributed by atoms with E-state index in [2.05, 4.69) is 12.1 Å². The van der Waals surface area contributed by atoms with Crippen LogP contribution in [0, 0.1) is 0 Å². The van der Waals surface area contributed by atoms with Crippen molar-refractivity contribution in [1.29, 1.82) is 0 Å². The Bertz CT molecular complexity index is 641. The first-order chi connectivity index (χ1) is 10.8. The van der Waals surface area contributed by atoms with E-state index in [0.29, 0.717) is 30.3 Å². The molecule has 0 bridgehead atoms. The lowest BCUT2D eigenvalue weighted by molar-refractivity contribution is 0.261. The summed E-state index contributed by atoms with van der Waals surface area (Å²) in [5.74, 6) is 1.45. The Balaban J connectivity index is 2.14. The Hall–Kier alpha value is -2.69. The molecule has 2 aromatic carbocycles. The van der Waals surface area contributed by atoms with E-state index in [-0.39, 0.29) is 5.84 Å². The summed E-state index contributed by atoms with van der Waals surface area (Å²) < 4.78 is 11.5. The fourth-order valence-electron chi connectivity index (χ4n) is 2.01. The molecule has 0 aliphatic rings. The van der Waals surface area contributed by atoms with Crippen molar-refractivity contribution in [3.05, 3.63) is 59.7 Å². The number of nitrogens with two attached hydrogens (primary N) is 1. The molecular formula is C17H20N2O3. The lowest BCUT2D eigenvalue weighted by Crippen LogP contribution is -2.16. The van der Waals surface area contributed by atoms with Gasteiger partial charge in [-0.1, -0.05) is 48.5 Å². The molecule has 0 radical (unpaired) electrons. The van der Waals surface area contributed by atoms with Crippen molar-refractivity contribution in [1.82, 2.24) is 0 Å². The lowest BCUT2D eigenvalue weighted by Gasteiger charge is -2.13. The Labute approximate surface area is 130 Å². The molecule has 0 aliphatic heterocycles. The van der Waals surface area contributed by atoms with Crippen molar-refractivity contribution in [3.63, 3.8) is 0 Å². The molecule has 0 heterocycles. The second-order valence-electron chi connectivity index (χ2n) is 4.73. The van der Waals surface area contributed by atoms with Crippen LogP contribution < -0.4 is 15.2 Å². The third kappa shape index (κ3) is 3.91. The van der Waals surface area contributed by atoms with Gasteiger partial charge in [0.2, 0.25) is 0 Å². The number of rotatable bonds is 7. The first kappa shape index (κ1) is 15.7. The third-order valence-electron chi connectivity index (χ3n) is 3.10. The first-order valence-electron chi connectivity index (χ1n) is 7.16. The maximum absolute atomic E-state index is 8.84. The zero-order valence-electron chi connectivity index (χ0n) is 12.5. The van der Waals surface area contributed by atoms with E-state index in [0.717, 1.165) is 12.0 Å². The number of hydrogen-bond acceptors (Lipinski definition) is 4. The largest absolute Gasteiger partial charge is 0.490 e. The van der Waals surface area contributed by atoms with Crippen molar-refractivity contribution in [2.24, 2.45) is 10.9 Å². The van der Waals surface area contributed by atoms with Crippen LogP contribution in [0.4, 0.5) is 0 Å². The molecule has 0 fully saturated rings. The Kier molecular flexibility index (Phi) is 5.65. The average Bonchev–Trinajstić information content (AvgIpc) is 2.58. The summed E-state index contributed by atoms with van der Waals surface area (Å²) in [6.45, 7) is 3.00. The quantitative estimate of drug-likeness (QED) is 0.356. The van der Waals surface area contributed by atoms with Crippen molar-refractivity contribution >= 4 is 5.84 Å². The highest BCUT2D eigenvalue weighted by molar-refractivity contribution is 5.98. The van der Waals surface area contributed by atoms with Gasteiger partial charge in [-0.15, -0.1) is 0 Å². The van der Waals surface area contributed by atoms with Gasteiger partial charge >= 0.3 is 0 Å². The summed E-state index contributed by atoms with van der Waals surface area (Å²) in [5.41, 5.74) is 7.17. The van der Waals surface area contributed by atoms with E-state index in [1.165, 1.54) is 0 Å². The summed E-state index contributed by atoms with van der Waals surface area (Å²) in [5, 5.41) is 11.9. The summed E-state index contributed by atoms with van der Waals surface area (Å²) in [6.07, 6.45) is 0.931. The van der Waals surface area contributed by atoms with E-state index in [1.807, 2.05) is 42.5 Å². The highest BCUT2D eigenvalue weighted by Gasteiger charge is 2.09. The predicted molar refractivity (Wildman–Crippen MR) is 85.5 cm³/mol. The Morgan fingerprint density at radius 2 is 1.68 bits per heavy atom. The molecule has 5 heteroatoms. The van der Waals surface area contributed by atoms with Crippen molar-refractivity contribution in [2.75, 3.05) is 6.61 Å². The molecule has 0 saturated carbocycles. The first-order valence-corrected chi connectivity index (χ1v) is 7.16. The second kappa shape index (κ2) is 7.93. The molecule has 0 aliphatic carbocycles. The van der Waals surface area contributed by atoms with Gasteiger partial charge < -0.3 is 20.4 Å². The minimum atomic E-state index is 0.0646. The molecule has 0 saturated heterocycles. The van der Waals surface area contributed by atoms with Crippen molar-refractivity contribution in [3.8, 4) is 11.5 Å². The Morgan fingerprint density at radius 3 is 2.36 bits per heavy atom. The standard InChI is InChI=1S/C17H20N2O3/c1-2-11-21-15-9-5-6-10-16(15)22-12-13-7-3-4-8-14(13)17(18)19-20/h3-10,20H,2,11-12H2,1H3,(H2,18,19). The minimum Gasteiger partial charge on any atom is -0.490 e. The Morgan fingerprint density at radius 1 is 1.05 bits per heavy atom. The molecule has 2 aromatic rings. The molecule has 0 atom stereocenters. The normalized spacial score (nSPS) is 11.2. The van der Waals surface area contributed by atoms with Gasteiger partial charge in [0.1, 0.15) is 6.61 Å². The number of ether oxygens (including phenoxy) is 2. The van der Waals surface area contributed by atoms with Crippen LogP contribution in [0.5, 0.6) is 11.5 Å². The molecule has 2 rings (SSSR count). The van der Waals surface area contributed by atoms with Crippen molar-refractivity contribution < 1.29 is 14.7 Å². The number of amidine groups is 1. The maximum Gasteiger partial charge on any atom is 0.170 e. The highest BCUT2D eigenvalue weighted by Crippen LogP contribution is 2.27. The van der Waals surface area contributed by atoms with Gasteiger partial charge in [-0.2, -0.15) is 0 Å². The molecule has 0 amide bonds. The number of benzene rings is 2. The van der Waals surface area contributed by atoms with Crippen LogP contribution in [0.1, 0.15) is 24.5 Å². The fourth-order valence-corrected chi connectivity index (χ4v) is 2.01. The molecular weight excluding hydrogens is 280 g/mol. The summed E-state index contributed by atoms with van der Waals surface area (Å²) in [7, 11) is 0. The van der Waals surface area contributed by atoms with E-state index in [9.17, 15) is 0 Å². The minimum absolute atomic E-state index is 0.0646. The summed E-state index contributed by atoms with van der Waals surface area (Å²) in [4.78, 5) is 0. The van der Waals surface area contributed by atoms with Gasteiger partial charge in [-0.25, -0.2) is 0 Å². The lowest BCUT2D eigenvalue weighted by atomic mass is 10.1. The van der Waals surface area contributed by atoms with Crippen LogP contribution in [0.15, 0.2) is 53.7 Å². The van der Waals surface area contributed by atoms with Crippen LogP contribution in [0.25, 0.3) is 0 Å². The predicted octanol–water partition coefficient (Wildman–Crippen LogP) is 3.15. The molecule has 0 aromatic heterocycles. The van der Waals surface area contributed by atoms with Crippen LogP contribution in [-0.4, -0.2) is 17.6 Å². The van der Waals surface area contributed by atoms with Gasteiger partial charge in [0.25, 0.3) is 0 Å². The second-order valence-corrected chi connectivity index (χ2v) is 4.73. The zero-order chi connectivity index (χ0) is 15.8. The van der Waals surface area contributed by atoms with E-state index < -0.39 is 0 Å². The zero-order valence-corrected chi connectivity index (χ0v) is 12.5. The van der Waals surface area contributed by atoms with Crippen LogP contribution in [0.2, 0.25) is 0 Å². The third-order valence-corrected chi connectivity index (χ3v) is 3.10.